The average molecular weight is 492 g/mol. The fraction of sp³-hybridized carbons (Fsp3) is 0.227. The maximum absolute atomic E-state index is 13.3. The summed E-state index contributed by atoms with van der Waals surface area (Å²) in [6, 6.07) is 10.3. The van der Waals surface area contributed by atoms with Crippen LogP contribution in [-0.4, -0.2) is 24.2 Å². The number of anilines is 1. The summed E-state index contributed by atoms with van der Waals surface area (Å²) in [4.78, 5) is 25.1. The van der Waals surface area contributed by atoms with Gasteiger partial charge in [0.25, 0.3) is 5.91 Å². The van der Waals surface area contributed by atoms with Crippen molar-refractivity contribution in [1.82, 2.24) is 5.32 Å². The fourth-order valence-corrected chi connectivity index (χ4v) is 4.53. The van der Waals surface area contributed by atoms with Crippen LogP contribution in [0.4, 0.5) is 5.69 Å². The minimum atomic E-state index is -0.771. The van der Waals surface area contributed by atoms with Gasteiger partial charge in [0.2, 0.25) is 0 Å². The Labute approximate surface area is 199 Å². The standard InChI is InChI=1S/C22H19Cl2N3O4S/c1-3-30-18(28)11-32-22-14(10-25)20(17-5-4-8-31-17)19(12(2)26-22)21(29)27-16-7-6-13(23)9-15(16)24/h4-9,20,26H,3,11H2,1-2H3,(H,27,29). The average Bonchev–Trinajstić information content (AvgIpc) is 3.28. The van der Waals surface area contributed by atoms with Crippen LogP contribution >= 0.6 is 35.0 Å². The number of nitriles is 1. The summed E-state index contributed by atoms with van der Waals surface area (Å²) in [5.74, 6) is -1.19. The molecule has 1 aromatic heterocycles. The van der Waals surface area contributed by atoms with Gasteiger partial charge in [0.05, 0.1) is 57.5 Å². The first-order valence-corrected chi connectivity index (χ1v) is 11.3. The molecular formula is C22H19Cl2N3O4S. The summed E-state index contributed by atoms with van der Waals surface area (Å²) in [5, 5.41) is 17.0. The molecular weight excluding hydrogens is 473 g/mol. The number of benzene rings is 1. The molecule has 1 amide bonds. The molecule has 7 nitrogen and oxygen atoms in total. The first kappa shape index (κ1) is 23.8. The van der Waals surface area contributed by atoms with E-state index < -0.39 is 17.8 Å². The van der Waals surface area contributed by atoms with Crippen molar-refractivity contribution in [3.8, 4) is 6.07 Å². The zero-order chi connectivity index (χ0) is 23.3. The van der Waals surface area contributed by atoms with Crippen LogP contribution in [0.15, 0.2) is 62.9 Å². The third-order valence-electron chi connectivity index (χ3n) is 4.54. The quantitative estimate of drug-likeness (QED) is 0.511. The Kier molecular flexibility index (Phi) is 7.91. The van der Waals surface area contributed by atoms with Crippen molar-refractivity contribution in [2.45, 2.75) is 19.8 Å². The van der Waals surface area contributed by atoms with Crippen LogP contribution in [0.2, 0.25) is 10.0 Å². The van der Waals surface area contributed by atoms with E-state index in [-0.39, 0.29) is 23.0 Å². The second-order valence-corrected chi connectivity index (χ2v) is 8.47. The molecule has 3 rings (SSSR count). The molecule has 1 aromatic carbocycles. The van der Waals surface area contributed by atoms with Crippen LogP contribution in [0.3, 0.4) is 0 Å². The second-order valence-electron chi connectivity index (χ2n) is 6.64. The number of hydrogen-bond acceptors (Lipinski definition) is 7. The number of ether oxygens (including phenoxy) is 1. The first-order valence-electron chi connectivity index (χ1n) is 9.56. The van der Waals surface area contributed by atoms with E-state index in [1.807, 2.05) is 0 Å². The Bertz CT molecular complexity index is 1140. The van der Waals surface area contributed by atoms with Crippen molar-refractivity contribution < 1.29 is 18.7 Å². The number of thioether (sulfide) groups is 1. The van der Waals surface area contributed by atoms with E-state index in [1.54, 1.807) is 38.1 Å². The van der Waals surface area contributed by atoms with E-state index in [2.05, 4.69) is 16.7 Å². The molecule has 1 aliphatic heterocycles. The van der Waals surface area contributed by atoms with E-state index in [9.17, 15) is 14.9 Å². The Morgan fingerprint density at radius 1 is 1.34 bits per heavy atom. The smallest absolute Gasteiger partial charge is 0.316 e. The number of nitrogens with zero attached hydrogens (tertiary/aromatic N) is 1. The van der Waals surface area contributed by atoms with E-state index in [4.69, 9.17) is 32.4 Å². The lowest BCUT2D eigenvalue weighted by molar-refractivity contribution is -0.139. The zero-order valence-electron chi connectivity index (χ0n) is 17.2. The summed E-state index contributed by atoms with van der Waals surface area (Å²) in [6.45, 7) is 3.70. The number of dihydropyridines is 1. The van der Waals surface area contributed by atoms with Gasteiger partial charge >= 0.3 is 5.97 Å². The van der Waals surface area contributed by atoms with Crippen molar-refractivity contribution in [3.63, 3.8) is 0 Å². The number of halogens is 2. The molecule has 0 spiro atoms. The molecule has 2 aromatic rings. The number of hydrogen-bond donors (Lipinski definition) is 2. The fourth-order valence-electron chi connectivity index (χ4n) is 3.18. The molecule has 0 radical (unpaired) electrons. The minimum absolute atomic E-state index is 0.0153. The Balaban J connectivity index is 1.96. The Morgan fingerprint density at radius 2 is 2.12 bits per heavy atom. The van der Waals surface area contributed by atoms with Gasteiger partial charge in [-0.2, -0.15) is 5.26 Å². The van der Waals surface area contributed by atoms with Gasteiger partial charge in [-0.15, -0.1) is 0 Å². The van der Waals surface area contributed by atoms with Crippen molar-refractivity contribution in [3.05, 3.63) is 74.3 Å². The lowest BCUT2D eigenvalue weighted by Gasteiger charge is -2.28. The van der Waals surface area contributed by atoms with Gasteiger partial charge in [-0.1, -0.05) is 35.0 Å². The molecule has 1 unspecified atom stereocenters. The van der Waals surface area contributed by atoms with Crippen LogP contribution in [0.25, 0.3) is 0 Å². The highest BCUT2D eigenvalue weighted by Gasteiger charge is 2.36. The number of esters is 1. The summed E-state index contributed by atoms with van der Waals surface area (Å²) >= 11 is 13.3. The van der Waals surface area contributed by atoms with E-state index in [1.165, 1.54) is 12.3 Å². The molecule has 0 saturated carbocycles. The Hall–Kier alpha value is -2.86. The lowest BCUT2D eigenvalue weighted by atomic mass is 9.85. The summed E-state index contributed by atoms with van der Waals surface area (Å²) < 4.78 is 10.5. The Morgan fingerprint density at radius 3 is 2.75 bits per heavy atom. The maximum atomic E-state index is 13.3. The van der Waals surface area contributed by atoms with Gasteiger partial charge in [-0.3, -0.25) is 9.59 Å². The van der Waals surface area contributed by atoms with Crippen LogP contribution in [0, 0.1) is 11.3 Å². The molecule has 0 bridgehead atoms. The predicted octanol–water partition coefficient (Wildman–Crippen LogP) is 5.22. The van der Waals surface area contributed by atoms with Crippen LogP contribution in [-0.2, 0) is 14.3 Å². The van der Waals surface area contributed by atoms with Crippen LogP contribution in [0.5, 0.6) is 0 Å². The van der Waals surface area contributed by atoms with E-state index in [0.717, 1.165) is 11.8 Å². The van der Waals surface area contributed by atoms with Gasteiger partial charge in [0.1, 0.15) is 5.76 Å². The molecule has 0 aliphatic carbocycles. The second kappa shape index (κ2) is 10.6. The number of carbonyl (C=O) groups is 2. The molecule has 10 heteroatoms. The highest BCUT2D eigenvalue weighted by molar-refractivity contribution is 8.03. The normalized spacial score (nSPS) is 15.8. The molecule has 32 heavy (non-hydrogen) atoms. The first-order chi connectivity index (χ1) is 15.3. The molecule has 0 fully saturated rings. The summed E-state index contributed by atoms with van der Waals surface area (Å²) in [6.07, 6.45) is 1.47. The lowest BCUT2D eigenvalue weighted by Crippen LogP contribution is -2.31. The zero-order valence-corrected chi connectivity index (χ0v) is 19.5. The largest absolute Gasteiger partial charge is 0.468 e. The van der Waals surface area contributed by atoms with Gasteiger partial charge in [-0.25, -0.2) is 0 Å². The maximum Gasteiger partial charge on any atom is 0.316 e. The van der Waals surface area contributed by atoms with Crippen LogP contribution in [0.1, 0.15) is 25.5 Å². The van der Waals surface area contributed by atoms with Gasteiger partial charge < -0.3 is 19.8 Å². The third-order valence-corrected chi connectivity index (χ3v) is 6.08. The molecule has 1 atom stereocenters. The monoisotopic (exact) mass is 491 g/mol. The number of rotatable bonds is 7. The molecule has 2 N–H and O–H groups in total. The van der Waals surface area contributed by atoms with Crippen molar-refractivity contribution in [2.24, 2.45) is 0 Å². The summed E-state index contributed by atoms with van der Waals surface area (Å²) in [5.41, 5.74) is 1.44. The highest BCUT2D eigenvalue weighted by atomic mass is 35.5. The number of allylic oxidation sites excluding steroid dienone is 2. The highest BCUT2D eigenvalue weighted by Crippen LogP contribution is 2.41. The van der Waals surface area contributed by atoms with Gasteiger partial charge in [-0.05, 0) is 44.2 Å². The van der Waals surface area contributed by atoms with Crippen molar-refractivity contribution >= 4 is 52.5 Å². The summed E-state index contributed by atoms with van der Waals surface area (Å²) in [7, 11) is 0. The molecule has 1 aliphatic rings. The van der Waals surface area contributed by atoms with Crippen molar-refractivity contribution in [2.75, 3.05) is 17.7 Å². The topological polar surface area (TPSA) is 104 Å². The van der Waals surface area contributed by atoms with E-state index >= 15 is 0 Å². The minimum Gasteiger partial charge on any atom is -0.468 e. The third kappa shape index (κ3) is 5.30. The van der Waals surface area contributed by atoms with Crippen molar-refractivity contribution in [1.29, 1.82) is 5.26 Å². The number of furan rings is 1. The molecule has 0 saturated heterocycles. The van der Waals surface area contributed by atoms with Gasteiger partial charge in [0.15, 0.2) is 0 Å². The molecule has 166 valence electrons. The molecule has 2 heterocycles. The number of amides is 1. The van der Waals surface area contributed by atoms with E-state index in [0.29, 0.717) is 32.8 Å². The number of carbonyl (C=O) groups excluding carboxylic acids is 2. The number of nitrogens with one attached hydrogen (secondary N) is 2. The predicted molar refractivity (Wildman–Crippen MR) is 124 cm³/mol. The van der Waals surface area contributed by atoms with Gasteiger partial charge in [0, 0.05) is 10.7 Å². The SMILES string of the molecule is CCOC(=O)CSC1=C(C#N)C(c2ccco2)C(C(=O)Nc2ccc(Cl)cc2Cl)=C(C)N1. The van der Waals surface area contributed by atoms with Crippen LogP contribution < -0.4 is 10.6 Å².